The lowest BCUT2D eigenvalue weighted by atomic mass is 9.87. The average Bonchev–Trinajstić information content (AvgIpc) is 2.86. The molecular weight excluding hydrogens is 328 g/mol. The fraction of sp³-hybridized carbons (Fsp3) is 0.400. The Balaban J connectivity index is 1.85. The molecule has 5 N–H and O–H groups in total. The molecule has 120 valence electrons. The number of hydrogen-bond acceptors (Lipinski definition) is 7. The summed E-state index contributed by atoms with van der Waals surface area (Å²) in [6.45, 7) is 0. The Morgan fingerprint density at radius 3 is 2.78 bits per heavy atom. The van der Waals surface area contributed by atoms with Crippen LogP contribution in [0.4, 0.5) is 5.69 Å². The largest absolute Gasteiger partial charge is 0.369 e. The molecule has 4 rings (SSSR count). The number of nitrogens with one attached hydrogen (secondary N) is 1. The Bertz CT molecular complexity index is 871. The van der Waals surface area contributed by atoms with E-state index in [4.69, 9.17) is 28.7 Å². The van der Waals surface area contributed by atoms with Gasteiger partial charge in [0, 0.05) is 5.69 Å². The van der Waals surface area contributed by atoms with Crippen molar-refractivity contribution in [2.24, 2.45) is 21.5 Å². The highest BCUT2D eigenvalue weighted by Gasteiger charge is 2.42. The van der Waals surface area contributed by atoms with Crippen molar-refractivity contribution in [3.05, 3.63) is 22.2 Å². The maximum absolute atomic E-state index is 6.25. The van der Waals surface area contributed by atoms with Crippen molar-refractivity contribution in [2.45, 2.75) is 37.8 Å². The van der Waals surface area contributed by atoms with Crippen LogP contribution in [0, 0.1) is 3.95 Å². The van der Waals surface area contributed by atoms with Gasteiger partial charge in [0.25, 0.3) is 0 Å². The van der Waals surface area contributed by atoms with Crippen molar-refractivity contribution in [1.29, 1.82) is 0 Å². The third kappa shape index (κ3) is 2.42. The average molecular weight is 346 g/mol. The predicted molar refractivity (Wildman–Crippen MR) is 98.5 cm³/mol. The number of aromatic amines is 1. The van der Waals surface area contributed by atoms with Crippen molar-refractivity contribution in [3.63, 3.8) is 0 Å². The third-order valence-electron chi connectivity index (χ3n) is 4.51. The molecule has 0 unspecified atom stereocenters. The summed E-state index contributed by atoms with van der Waals surface area (Å²) in [5, 5.41) is 0. The van der Waals surface area contributed by atoms with Gasteiger partial charge in [0.1, 0.15) is 5.66 Å². The zero-order valence-corrected chi connectivity index (χ0v) is 14.2. The minimum Gasteiger partial charge on any atom is -0.369 e. The van der Waals surface area contributed by atoms with Crippen molar-refractivity contribution < 1.29 is 0 Å². The maximum Gasteiger partial charge on any atom is 0.220 e. The smallest absolute Gasteiger partial charge is 0.220 e. The van der Waals surface area contributed by atoms with E-state index in [0.29, 0.717) is 5.96 Å². The van der Waals surface area contributed by atoms with E-state index >= 15 is 0 Å². The number of guanidine groups is 2. The molecule has 1 aliphatic heterocycles. The van der Waals surface area contributed by atoms with Gasteiger partial charge in [0.2, 0.25) is 11.9 Å². The highest BCUT2D eigenvalue weighted by atomic mass is 32.1. The molecule has 0 saturated heterocycles. The van der Waals surface area contributed by atoms with Crippen molar-refractivity contribution in [2.75, 3.05) is 4.90 Å². The molecule has 0 amide bonds. The summed E-state index contributed by atoms with van der Waals surface area (Å²) >= 11 is 6.79. The highest BCUT2D eigenvalue weighted by molar-refractivity contribution is 7.73. The van der Waals surface area contributed by atoms with Gasteiger partial charge < -0.3 is 16.5 Å². The lowest BCUT2D eigenvalue weighted by Crippen LogP contribution is -2.58. The number of benzene rings is 1. The van der Waals surface area contributed by atoms with Gasteiger partial charge in [-0.3, -0.25) is 4.90 Å². The number of nitrogens with two attached hydrogens (primary N) is 2. The number of thiazole rings is 1. The summed E-state index contributed by atoms with van der Waals surface area (Å²) < 4.78 is 1.88. The van der Waals surface area contributed by atoms with E-state index in [2.05, 4.69) is 16.0 Å². The summed E-state index contributed by atoms with van der Waals surface area (Å²) in [7, 11) is 0. The number of anilines is 1. The van der Waals surface area contributed by atoms with Crippen LogP contribution in [0.15, 0.2) is 28.2 Å². The zero-order valence-electron chi connectivity index (χ0n) is 12.6. The molecule has 1 aromatic carbocycles. The molecule has 0 atom stereocenters. The molecule has 0 radical (unpaired) electrons. The second kappa shape index (κ2) is 5.31. The Kier molecular flexibility index (Phi) is 3.38. The number of aromatic nitrogens is 1. The number of rotatable bonds is 1. The fourth-order valence-corrected chi connectivity index (χ4v) is 4.72. The van der Waals surface area contributed by atoms with Gasteiger partial charge in [-0.2, -0.15) is 4.99 Å². The van der Waals surface area contributed by atoms with Crippen LogP contribution in [0.2, 0.25) is 0 Å². The second-order valence-corrected chi connectivity index (χ2v) is 7.73. The van der Waals surface area contributed by atoms with E-state index in [1.54, 1.807) is 11.3 Å². The Labute approximate surface area is 142 Å². The van der Waals surface area contributed by atoms with Crippen molar-refractivity contribution in [3.8, 4) is 0 Å². The molecular formula is C15H18N6S2. The molecule has 1 fully saturated rings. The molecule has 8 heteroatoms. The third-order valence-corrected chi connectivity index (χ3v) is 5.71. The van der Waals surface area contributed by atoms with Crippen LogP contribution < -0.4 is 16.4 Å². The van der Waals surface area contributed by atoms with Gasteiger partial charge in [0.05, 0.1) is 10.2 Å². The quantitative estimate of drug-likeness (QED) is 0.691. The first-order valence-corrected chi connectivity index (χ1v) is 8.92. The highest BCUT2D eigenvalue weighted by Crippen LogP contribution is 2.40. The van der Waals surface area contributed by atoms with Gasteiger partial charge in [-0.05, 0) is 56.1 Å². The van der Waals surface area contributed by atoms with Gasteiger partial charge in [-0.25, -0.2) is 4.99 Å². The van der Waals surface area contributed by atoms with E-state index in [-0.39, 0.29) is 5.96 Å². The molecule has 6 nitrogen and oxygen atoms in total. The van der Waals surface area contributed by atoms with Crippen LogP contribution in [0.3, 0.4) is 0 Å². The fourth-order valence-electron chi connectivity index (χ4n) is 3.57. The first kappa shape index (κ1) is 14.6. The number of fused-ring (bicyclic) bond motifs is 1. The van der Waals surface area contributed by atoms with Gasteiger partial charge in [-0.1, -0.05) is 6.42 Å². The second-order valence-electron chi connectivity index (χ2n) is 6.01. The number of hydrogen-bond donors (Lipinski definition) is 3. The number of nitrogens with zero attached hydrogens (tertiary/aromatic N) is 3. The zero-order chi connectivity index (χ0) is 16.0. The first-order chi connectivity index (χ1) is 11.1. The first-order valence-electron chi connectivity index (χ1n) is 7.70. The van der Waals surface area contributed by atoms with E-state index < -0.39 is 5.66 Å². The van der Waals surface area contributed by atoms with Crippen LogP contribution >= 0.6 is 23.6 Å². The molecule has 2 aliphatic rings. The molecule has 1 aromatic heterocycles. The van der Waals surface area contributed by atoms with Crippen molar-refractivity contribution >= 4 is 51.4 Å². The predicted octanol–water partition coefficient (Wildman–Crippen LogP) is 3.07. The van der Waals surface area contributed by atoms with E-state index in [1.165, 1.54) is 6.42 Å². The molecule has 23 heavy (non-hydrogen) atoms. The Hall–Kier alpha value is -1.93. The Morgan fingerprint density at radius 1 is 1.22 bits per heavy atom. The van der Waals surface area contributed by atoms with Crippen molar-refractivity contribution in [1.82, 2.24) is 4.98 Å². The van der Waals surface area contributed by atoms with Crippen LogP contribution in [0.1, 0.15) is 32.1 Å². The van der Waals surface area contributed by atoms with Gasteiger partial charge >= 0.3 is 0 Å². The lowest BCUT2D eigenvalue weighted by Gasteiger charge is -2.45. The van der Waals surface area contributed by atoms with E-state index in [1.807, 2.05) is 17.0 Å². The summed E-state index contributed by atoms with van der Waals surface area (Å²) in [5.41, 5.74) is 13.8. The molecule has 1 saturated carbocycles. The van der Waals surface area contributed by atoms with Crippen LogP contribution in [-0.2, 0) is 0 Å². The van der Waals surface area contributed by atoms with Gasteiger partial charge in [-0.15, -0.1) is 11.3 Å². The minimum atomic E-state index is -0.403. The summed E-state index contributed by atoms with van der Waals surface area (Å²) in [6.07, 6.45) is 5.33. The normalized spacial score (nSPS) is 20.6. The monoisotopic (exact) mass is 346 g/mol. The van der Waals surface area contributed by atoms with Crippen LogP contribution in [0.25, 0.3) is 10.2 Å². The van der Waals surface area contributed by atoms with Gasteiger partial charge in [0.15, 0.2) is 3.95 Å². The molecule has 1 spiro atoms. The summed E-state index contributed by atoms with van der Waals surface area (Å²) in [4.78, 5) is 14.1. The maximum atomic E-state index is 6.25. The number of aliphatic imine (C=N–C) groups is 2. The van der Waals surface area contributed by atoms with E-state index in [9.17, 15) is 0 Å². The molecule has 1 aliphatic carbocycles. The lowest BCUT2D eigenvalue weighted by molar-refractivity contribution is 0.305. The number of H-pyrrole nitrogens is 1. The summed E-state index contributed by atoms with van der Waals surface area (Å²) in [6, 6.07) is 6.17. The van der Waals surface area contributed by atoms with Crippen LogP contribution in [0.5, 0.6) is 0 Å². The van der Waals surface area contributed by atoms with E-state index in [0.717, 1.165) is 45.5 Å². The standard InChI is InChI=1S/C15H18N6S2/c16-12-19-13(17)21(15(20-12)6-2-1-3-7-15)9-4-5-10-11(8-9)23-14(22)18-10/h4-5,8H,1-3,6-7H2,(H,18,22)(H4,16,17,19,20). The Morgan fingerprint density at radius 2 is 2.00 bits per heavy atom. The topological polar surface area (TPSA) is 95.8 Å². The molecule has 0 bridgehead atoms. The molecule has 2 aromatic rings. The molecule has 2 heterocycles. The van der Waals surface area contributed by atoms with Crippen LogP contribution in [-0.4, -0.2) is 22.6 Å². The minimum absolute atomic E-state index is 0.277. The summed E-state index contributed by atoms with van der Waals surface area (Å²) in [5.74, 6) is 0.692. The SMILES string of the molecule is NC1=NC2(CCCCC2)N(c2ccc3[nH]c(=S)sc3c2)C(N)=N1.